The van der Waals surface area contributed by atoms with Crippen LogP contribution in [0.25, 0.3) is 0 Å². The maximum absolute atomic E-state index is 6.28. The summed E-state index contributed by atoms with van der Waals surface area (Å²) >= 11 is 6.28. The summed E-state index contributed by atoms with van der Waals surface area (Å²) in [5.41, 5.74) is 0. The smallest absolute Gasteiger partial charge is 0.183 e. The van der Waals surface area contributed by atoms with Gasteiger partial charge in [0.25, 0.3) is 0 Å². The average molecular weight is 295 g/mol. The van der Waals surface area contributed by atoms with Crippen molar-refractivity contribution in [2.75, 3.05) is 6.61 Å². The van der Waals surface area contributed by atoms with Gasteiger partial charge in [-0.15, -0.1) is 0 Å². The molecule has 0 rings (SSSR count). The van der Waals surface area contributed by atoms with Crippen LogP contribution in [0.5, 0.6) is 0 Å². The summed E-state index contributed by atoms with van der Waals surface area (Å²) in [5.74, 6) is 0. The second-order valence-corrected chi connectivity index (χ2v) is 18.1. The molecular formula is C13H31ClOSi2. The van der Waals surface area contributed by atoms with Crippen LogP contribution in [0.15, 0.2) is 0 Å². The van der Waals surface area contributed by atoms with E-state index in [0.29, 0.717) is 0 Å². The lowest BCUT2D eigenvalue weighted by Crippen LogP contribution is -2.25. The Balaban J connectivity index is 3.15. The molecule has 0 saturated carbocycles. The molecular weight excluding hydrogens is 264 g/mol. The summed E-state index contributed by atoms with van der Waals surface area (Å²) in [6.45, 7) is 12.2. The first kappa shape index (κ1) is 17.7. The van der Waals surface area contributed by atoms with Gasteiger partial charge in [0.15, 0.2) is 8.32 Å². The molecule has 0 aliphatic heterocycles. The molecule has 0 amide bonds. The fraction of sp³-hybridized carbons (Fsp3) is 1.00. The lowest BCUT2D eigenvalue weighted by molar-refractivity contribution is 0.298. The minimum absolute atomic E-state index is 0.970. The molecule has 0 atom stereocenters. The van der Waals surface area contributed by atoms with Crippen LogP contribution in [-0.4, -0.2) is 22.3 Å². The molecule has 0 bridgehead atoms. The quantitative estimate of drug-likeness (QED) is 0.288. The molecule has 17 heavy (non-hydrogen) atoms. The van der Waals surface area contributed by atoms with Crippen LogP contribution >= 0.6 is 11.1 Å². The average Bonchev–Trinajstić information content (AvgIpc) is 2.11. The summed E-state index contributed by atoms with van der Waals surface area (Å²) in [7, 11) is -2.57. The Bertz CT molecular complexity index is 165. The van der Waals surface area contributed by atoms with E-state index in [-0.39, 0.29) is 0 Å². The molecule has 0 saturated heterocycles. The Morgan fingerprint density at radius 2 is 1.24 bits per heavy atom. The molecule has 104 valence electrons. The molecule has 0 radical (unpaired) electrons. The van der Waals surface area contributed by atoms with Crippen LogP contribution < -0.4 is 0 Å². The summed E-state index contributed by atoms with van der Waals surface area (Å²) in [4.78, 5) is 0. The fourth-order valence-electron chi connectivity index (χ4n) is 1.73. The van der Waals surface area contributed by atoms with Crippen molar-refractivity contribution < 1.29 is 4.43 Å². The molecule has 0 heterocycles. The molecule has 0 aromatic rings. The van der Waals surface area contributed by atoms with E-state index < -0.39 is 15.7 Å². The minimum atomic E-state index is -1.30. The van der Waals surface area contributed by atoms with Crippen LogP contribution in [0.1, 0.15) is 38.5 Å². The van der Waals surface area contributed by atoms with Crippen molar-refractivity contribution in [3.8, 4) is 0 Å². The number of hydrogen-bond acceptors (Lipinski definition) is 1. The second-order valence-electron chi connectivity index (χ2n) is 6.55. The molecule has 0 unspecified atom stereocenters. The van der Waals surface area contributed by atoms with E-state index in [2.05, 4.69) is 32.7 Å². The third-order valence-electron chi connectivity index (χ3n) is 2.70. The van der Waals surface area contributed by atoms with Crippen molar-refractivity contribution in [2.45, 2.75) is 77.3 Å². The Labute approximate surface area is 115 Å². The highest BCUT2D eigenvalue weighted by Crippen LogP contribution is 2.19. The molecule has 0 aromatic carbocycles. The Morgan fingerprint density at radius 1 is 0.765 bits per heavy atom. The van der Waals surface area contributed by atoms with E-state index in [4.69, 9.17) is 15.5 Å². The first-order chi connectivity index (χ1) is 7.71. The van der Waals surface area contributed by atoms with Gasteiger partial charge in [-0.2, -0.15) is 11.1 Å². The Kier molecular flexibility index (Phi) is 9.08. The zero-order valence-electron chi connectivity index (χ0n) is 12.4. The summed E-state index contributed by atoms with van der Waals surface area (Å²) in [6.07, 6.45) is 7.98. The van der Waals surface area contributed by atoms with Gasteiger partial charge in [-0.25, -0.2) is 0 Å². The Morgan fingerprint density at radius 3 is 1.71 bits per heavy atom. The van der Waals surface area contributed by atoms with Crippen molar-refractivity contribution in [2.24, 2.45) is 0 Å². The van der Waals surface area contributed by atoms with Crippen LogP contribution in [0.2, 0.25) is 38.8 Å². The van der Waals surface area contributed by atoms with Gasteiger partial charge in [-0.1, -0.05) is 45.2 Å². The maximum atomic E-state index is 6.28. The lowest BCUT2D eigenvalue weighted by atomic mass is 10.1. The maximum Gasteiger partial charge on any atom is 0.183 e. The molecule has 1 nitrogen and oxygen atoms in total. The first-order valence-electron chi connectivity index (χ1n) is 7.04. The topological polar surface area (TPSA) is 9.23 Å². The third-order valence-corrected chi connectivity index (χ3v) is 5.88. The van der Waals surface area contributed by atoms with Gasteiger partial charge in [-0.05, 0) is 32.1 Å². The van der Waals surface area contributed by atoms with Crippen LogP contribution in [0.3, 0.4) is 0 Å². The third kappa shape index (κ3) is 16.7. The zero-order chi connectivity index (χ0) is 13.4. The van der Waals surface area contributed by atoms with E-state index in [9.17, 15) is 0 Å². The monoisotopic (exact) mass is 294 g/mol. The number of unbranched alkanes of at least 4 members (excludes halogenated alkanes) is 5. The Hall–Kier alpha value is 0.684. The highest BCUT2D eigenvalue weighted by molar-refractivity contribution is 7.19. The standard InChI is InChI=1S/C13H31ClOSi2/c1-16(2,3)15-12-10-8-6-7-9-11-13-17(4,5)14/h6-13H2,1-5H3. The van der Waals surface area contributed by atoms with Gasteiger partial charge in [0, 0.05) is 6.61 Å². The second kappa shape index (κ2) is 8.73. The van der Waals surface area contributed by atoms with Crippen molar-refractivity contribution in [1.29, 1.82) is 0 Å². The predicted molar refractivity (Wildman–Crippen MR) is 85.1 cm³/mol. The van der Waals surface area contributed by atoms with Crippen LogP contribution in [0, 0.1) is 0 Å². The molecule has 0 fully saturated rings. The van der Waals surface area contributed by atoms with E-state index >= 15 is 0 Å². The van der Waals surface area contributed by atoms with E-state index in [1.165, 1.54) is 44.6 Å². The van der Waals surface area contributed by atoms with E-state index in [1.807, 2.05) is 0 Å². The highest BCUT2D eigenvalue weighted by Gasteiger charge is 2.15. The molecule has 0 aromatic heterocycles. The van der Waals surface area contributed by atoms with Gasteiger partial charge in [-0.3, -0.25) is 0 Å². The molecule has 0 aliphatic carbocycles. The minimum Gasteiger partial charge on any atom is -0.418 e. The number of halogens is 1. The number of rotatable bonds is 10. The first-order valence-corrected chi connectivity index (χ1v) is 14.7. The van der Waals surface area contributed by atoms with E-state index in [1.54, 1.807) is 0 Å². The zero-order valence-corrected chi connectivity index (χ0v) is 15.2. The van der Waals surface area contributed by atoms with Crippen LogP contribution in [-0.2, 0) is 4.43 Å². The lowest BCUT2D eigenvalue weighted by Gasteiger charge is -2.16. The predicted octanol–water partition coefficient (Wildman–Crippen LogP) is 5.62. The molecule has 0 aliphatic rings. The van der Waals surface area contributed by atoms with Crippen LogP contribution in [0.4, 0.5) is 0 Å². The van der Waals surface area contributed by atoms with Crippen molar-refractivity contribution >= 4 is 26.8 Å². The van der Waals surface area contributed by atoms with Gasteiger partial charge in [0.1, 0.15) is 7.38 Å². The molecule has 4 heteroatoms. The van der Waals surface area contributed by atoms with Crippen molar-refractivity contribution in [3.63, 3.8) is 0 Å². The summed E-state index contributed by atoms with van der Waals surface area (Å²) in [6, 6.07) is 1.27. The molecule has 0 N–H and O–H groups in total. The normalized spacial score (nSPS) is 13.1. The van der Waals surface area contributed by atoms with Crippen molar-refractivity contribution in [3.05, 3.63) is 0 Å². The number of hydrogen-bond donors (Lipinski definition) is 0. The fourth-order valence-corrected chi connectivity index (χ4v) is 3.98. The van der Waals surface area contributed by atoms with Gasteiger partial charge in [0.05, 0.1) is 0 Å². The highest BCUT2D eigenvalue weighted by atomic mass is 35.6. The van der Waals surface area contributed by atoms with E-state index in [0.717, 1.165) is 6.61 Å². The summed E-state index contributed by atoms with van der Waals surface area (Å²) < 4.78 is 5.83. The van der Waals surface area contributed by atoms with Crippen molar-refractivity contribution in [1.82, 2.24) is 0 Å². The SMILES string of the molecule is C[Si](C)(Cl)CCCCCCCCO[Si](C)(C)C. The largest absolute Gasteiger partial charge is 0.418 e. The molecule has 0 spiro atoms. The van der Waals surface area contributed by atoms with Gasteiger partial charge >= 0.3 is 0 Å². The van der Waals surface area contributed by atoms with Gasteiger partial charge < -0.3 is 4.43 Å². The summed E-state index contributed by atoms with van der Waals surface area (Å²) in [5, 5.41) is 0. The van der Waals surface area contributed by atoms with Gasteiger partial charge in [0.2, 0.25) is 0 Å².